The van der Waals surface area contributed by atoms with Gasteiger partial charge < -0.3 is 22.1 Å². The summed E-state index contributed by atoms with van der Waals surface area (Å²) in [6.45, 7) is 7.11. The lowest BCUT2D eigenvalue weighted by Gasteiger charge is -2.48. The van der Waals surface area contributed by atoms with Crippen LogP contribution < -0.4 is 17.2 Å². The van der Waals surface area contributed by atoms with Gasteiger partial charge >= 0.3 is 0 Å². The largest absolute Gasteiger partial charge is 0.370 e. The van der Waals surface area contributed by atoms with E-state index in [1.807, 2.05) is 24.3 Å². The smallest absolute Gasteiger partial charge is 0.227 e. The molecule has 0 saturated carbocycles. The van der Waals surface area contributed by atoms with E-state index < -0.39 is 0 Å². The number of nitrogens with two attached hydrogens (primary N) is 3. The third-order valence-electron chi connectivity index (χ3n) is 8.00. The van der Waals surface area contributed by atoms with Gasteiger partial charge in [0.2, 0.25) is 5.91 Å². The molecule has 0 spiro atoms. The Bertz CT molecular complexity index is 1380. The first kappa shape index (κ1) is 32.1. The highest BCUT2D eigenvalue weighted by Gasteiger charge is 2.36. The van der Waals surface area contributed by atoms with Gasteiger partial charge in [0.15, 0.2) is 5.96 Å². The number of aliphatic imine (C=N–C) groups is 1. The minimum atomic E-state index is -0.122. The first-order chi connectivity index (χ1) is 20.1. The third kappa shape index (κ3) is 9.08. The van der Waals surface area contributed by atoms with E-state index in [-0.39, 0.29) is 30.0 Å². The molecule has 1 fully saturated rings. The zero-order valence-corrected chi connectivity index (χ0v) is 26.2. The lowest BCUT2D eigenvalue weighted by atomic mass is 9.94. The molecule has 0 bridgehead atoms. The summed E-state index contributed by atoms with van der Waals surface area (Å²) in [7, 11) is 0. The van der Waals surface area contributed by atoms with Gasteiger partial charge in [-0.05, 0) is 65.6 Å². The number of carbonyl (C=O) groups is 1. The molecule has 0 aromatic heterocycles. The normalized spacial score (nSPS) is 18.4. The Morgan fingerprint density at radius 2 is 1.76 bits per heavy atom. The van der Waals surface area contributed by atoms with Crippen LogP contribution in [0.1, 0.15) is 44.2 Å². The quantitative estimate of drug-likeness (QED) is 0.147. The molecule has 1 amide bonds. The molecular weight excluding hydrogens is 567 g/mol. The average molecular weight is 612 g/mol. The molecule has 9 heteroatoms. The number of amides is 1. The zero-order chi connectivity index (χ0) is 30.2. The van der Waals surface area contributed by atoms with Crippen LogP contribution in [0.5, 0.6) is 0 Å². The minimum absolute atomic E-state index is 0.0987. The number of carbonyl (C=O) groups excluding carboxylic acids is 1. The van der Waals surface area contributed by atoms with Crippen LogP contribution in [0.2, 0.25) is 10.0 Å². The molecule has 3 aromatic rings. The van der Waals surface area contributed by atoms with Gasteiger partial charge in [-0.2, -0.15) is 0 Å². The number of fused-ring (bicyclic) bond motifs is 1. The molecule has 4 rings (SSSR count). The summed E-state index contributed by atoms with van der Waals surface area (Å²) < 4.78 is 0. The Morgan fingerprint density at radius 3 is 2.48 bits per heavy atom. The maximum Gasteiger partial charge on any atom is 0.227 e. The van der Waals surface area contributed by atoms with Crippen molar-refractivity contribution >= 4 is 45.8 Å². The maximum atomic E-state index is 13.9. The van der Waals surface area contributed by atoms with E-state index >= 15 is 0 Å². The van der Waals surface area contributed by atoms with Gasteiger partial charge in [-0.15, -0.1) is 0 Å². The highest BCUT2D eigenvalue weighted by atomic mass is 35.5. The summed E-state index contributed by atoms with van der Waals surface area (Å²) in [6, 6.07) is 20.2. The molecule has 42 heavy (non-hydrogen) atoms. The molecule has 1 heterocycles. The molecule has 0 aliphatic carbocycles. The molecule has 226 valence electrons. The Balaban J connectivity index is 1.52. The van der Waals surface area contributed by atoms with Gasteiger partial charge in [0, 0.05) is 54.3 Å². The van der Waals surface area contributed by atoms with Crippen LogP contribution >= 0.6 is 23.2 Å². The molecule has 6 N–H and O–H groups in total. The van der Waals surface area contributed by atoms with Crippen molar-refractivity contribution in [2.45, 2.75) is 64.1 Å². The second-order valence-corrected chi connectivity index (χ2v) is 12.8. The highest BCUT2D eigenvalue weighted by molar-refractivity contribution is 6.35. The van der Waals surface area contributed by atoms with E-state index in [2.05, 4.69) is 59.0 Å². The Hall–Kier alpha value is -2.84. The molecule has 3 aromatic carbocycles. The number of rotatable bonds is 12. The van der Waals surface area contributed by atoms with Crippen LogP contribution in [0.3, 0.4) is 0 Å². The van der Waals surface area contributed by atoms with Crippen LogP contribution in [0.4, 0.5) is 0 Å². The van der Waals surface area contributed by atoms with Gasteiger partial charge in [-0.3, -0.25) is 14.7 Å². The molecule has 1 aliphatic rings. The summed E-state index contributed by atoms with van der Waals surface area (Å²) in [5, 5.41) is 3.57. The zero-order valence-electron chi connectivity index (χ0n) is 24.7. The number of piperazine rings is 1. The lowest BCUT2D eigenvalue weighted by Crippen LogP contribution is -2.62. The predicted molar refractivity (Wildman–Crippen MR) is 176 cm³/mol. The van der Waals surface area contributed by atoms with Crippen molar-refractivity contribution in [2.75, 3.05) is 26.2 Å². The average Bonchev–Trinajstić information content (AvgIpc) is 2.93. The Labute approximate surface area is 260 Å². The number of nitrogens with zero attached hydrogens (tertiary/aromatic N) is 3. The Kier molecular flexibility index (Phi) is 11.5. The van der Waals surface area contributed by atoms with Gasteiger partial charge in [-0.25, -0.2) is 0 Å². The van der Waals surface area contributed by atoms with Crippen molar-refractivity contribution in [1.82, 2.24) is 9.80 Å². The van der Waals surface area contributed by atoms with E-state index in [0.717, 1.165) is 42.3 Å². The van der Waals surface area contributed by atoms with E-state index in [4.69, 9.17) is 40.4 Å². The first-order valence-electron chi connectivity index (χ1n) is 14.8. The van der Waals surface area contributed by atoms with Crippen molar-refractivity contribution in [2.24, 2.45) is 28.1 Å². The molecule has 3 atom stereocenters. The molecule has 1 aliphatic heterocycles. The number of halogens is 2. The topological polar surface area (TPSA) is 114 Å². The summed E-state index contributed by atoms with van der Waals surface area (Å²) in [6.07, 6.45) is 3.64. The van der Waals surface area contributed by atoms with Crippen LogP contribution in [0, 0.1) is 5.92 Å². The lowest BCUT2D eigenvalue weighted by molar-refractivity contribution is -0.138. The van der Waals surface area contributed by atoms with Gasteiger partial charge in [-0.1, -0.05) is 85.6 Å². The van der Waals surface area contributed by atoms with Crippen LogP contribution in [-0.2, 0) is 17.6 Å². The molecule has 0 radical (unpaired) electrons. The maximum absolute atomic E-state index is 13.9. The van der Waals surface area contributed by atoms with Gasteiger partial charge in [0.25, 0.3) is 0 Å². The molecule has 1 saturated heterocycles. The van der Waals surface area contributed by atoms with Crippen molar-refractivity contribution in [3.05, 3.63) is 81.8 Å². The van der Waals surface area contributed by atoms with Crippen LogP contribution in [0.25, 0.3) is 10.8 Å². The van der Waals surface area contributed by atoms with Crippen LogP contribution in [-0.4, -0.2) is 66.0 Å². The fourth-order valence-corrected chi connectivity index (χ4v) is 6.54. The highest BCUT2D eigenvalue weighted by Crippen LogP contribution is 2.27. The van der Waals surface area contributed by atoms with Crippen molar-refractivity contribution < 1.29 is 4.79 Å². The van der Waals surface area contributed by atoms with Crippen LogP contribution in [0.15, 0.2) is 65.7 Å². The fourth-order valence-electron chi connectivity index (χ4n) is 6.05. The SMILES string of the molecule is CC(C)C[C@@H]1CN(C[C@@H](N)Cc2ccc(Cl)cc2Cl)[C@@H](CCCN=C(N)N)CN1C(=O)Cc1ccc2ccccc2c1. The summed E-state index contributed by atoms with van der Waals surface area (Å²) in [5.74, 6) is 0.719. The third-order valence-corrected chi connectivity index (χ3v) is 8.59. The first-order valence-corrected chi connectivity index (χ1v) is 15.6. The fraction of sp³-hybridized carbons (Fsp3) is 0.455. The number of hydrogen-bond acceptors (Lipinski definition) is 4. The van der Waals surface area contributed by atoms with Gasteiger partial charge in [0.05, 0.1) is 6.42 Å². The summed E-state index contributed by atoms with van der Waals surface area (Å²) in [5.41, 5.74) is 19.9. The van der Waals surface area contributed by atoms with Crippen molar-refractivity contribution in [3.8, 4) is 0 Å². The second kappa shape index (κ2) is 15.1. The Morgan fingerprint density at radius 1 is 1.00 bits per heavy atom. The summed E-state index contributed by atoms with van der Waals surface area (Å²) >= 11 is 12.6. The number of benzene rings is 3. The minimum Gasteiger partial charge on any atom is -0.370 e. The standard InChI is InChI=1S/C33H44Cl2N6O/c1-22(2)14-30-20-40(19-28(36)17-26-11-12-27(34)18-31(26)35)29(8-5-13-39-33(37)38)21-41(30)32(42)16-23-9-10-24-6-3-4-7-25(24)15-23/h3-4,6-7,9-12,15,18,22,28-30H,5,8,13-14,16-17,19-21,36H2,1-2H3,(H4,37,38,39)/t28-,29-,30+/m0/s1. The molecule has 7 nitrogen and oxygen atoms in total. The van der Waals surface area contributed by atoms with Crippen molar-refractivity contribution in [3.63, 3.8) is 0 Å². The second-order valence-electron chi connectivity index (χ2n) is 11.9. The van der Waals surface area contributed by atoms with E-state index in [1.165, 1.54) is 5.39 Å². The molecule has 0 unspecified atom stereocenters. The number of guanidine groups is 1. The van der Waals surface area contributed by atoms with E-state index in [0.29, 0.717) is 48.4 Å². The van der Waals surface area contributed by atoms with E-state index in [9.17, 15) is 4.79 Å². The monoisotopic (exact) mass is 610 g/mol. The van der Waals surface area contributed by atoms with Crippen molar-refractivity contribution in [1.29, 1.82) is 0 Å². The number of hydrogen-bond donors (Lipinski definition) is 3. The molecular formula is C33H44Cl2N6O. The summed E-state index contributed by atoms with van der Waals surface area (Å²) in [4.78, 5) is 22.7. The van der Waals surface area contributed by atoms with E-state index in [1.54, 1.807) is 6.07 Å². The van der Waals surface area contributed by atoms with Gasteiger partial charge in [0.1, 0.15) is 0 Å². The predicted octanol–water partition coefficient (Wildman–Crippen LogP) is 5.24.